The van der Waals surface area contributed by atoms with Gasteiger partial charge in [-0.2, -0.15) is 0 Å². The molecule has 100 valence electrons. The molecule has 1 heterocycles. The van der Waals surface area contributed by atoms with Crippen LogP contribution in [-0.2, 0) is 0 Å². The van der Waals surface area contributed by atoms with Crippen molar-refractivity contribution in [1.29, 1.82) is 0 Å². The third-order valence-electron chi connectivity index (χ3n) is 2.84. The lowest BCUT2D eigenvalue weighted by Crippen LogP contribution is -1.90. The molecule has 0 atom stereocenters. The highest BCUT2D eigenvalue weighted by atomic mass is 79.9. The summed E-state index contributed by atoms with van der Waals surface area (Å²) in [5.41, 5.74) is 0. The molecule has 0 saturated carbocycles. The Bertz CT molecular complexity index is 795. The van der Waals surface area contributed by atoms with E-state index in [1.807, 2.05) is 36.4 Å². The number of hydrogen-bond donors (Lipinski definition) is 1. The first-order valence-corrected chi connectivity index (χ1v) is 7.49. The van der Waals surface area contributed by atoms with Crippen molar-refractivity contribution in [3.8, 4) is 11.5 Å². The number of ether oxygens (including phenoxy) is 1. The van der Waals surface area contributed by atoms with Gasteiger partial charge >= 0.3 is 5.97 Å². The van der Waals surface area contributed by atoms with E-state index in [9.17, 15) is 4.79 Å². The first kappa shape index (κ1) is 13.1. The predicted octanol–water partition coefficient (Wildman–Crippen LogP) is 5.15. The standard InChI is InChI=1S/C15H9BrO3S/c16-14-11-4-2-1-3-9(11)5-6-12(14)19-10-7-13(15(17)18)20-8-10/h1-8H,(H,17,18). The Hall–Kier alpha value is -1.85. The second kappa shape index (κ2) is 5.26. The number of halogens is 1. The molecule has 3 aromatic rings. The number of hydrogen-bond acceptors (Lipinski definition) is 3. The van der Waals surface area contributed by atoms with E-state index in [1.54, 1.807) is 5.38 Å². The van der Waals surface area contributed by atoms with Crippen LogP contribution in [0.4, 0.5) is 0 Å². The average molecular weight is 349 g/mol. The smallest absolute Gasteiger partial charge is 0.346 e. The number of benzene rings is 2. The van der Waals surface area contributed by atoms with E-state index in [2.05, 4.69) is 15.9 Å². The molecule has 1 N–H and O–H groups in total. The third kappa shape index (κ3) is 2.42. The molecule has 2 aromatic carbocycles. The number of carboxylic acid groups (broad SMARTS) is 1. The SMILES string of the molecule is O=C(O)c1cc(Oc2ccc3ccccc3c2Br)cs1. The summed E-state index contributed by atoms with van der Waals surface area (Å²) in [5.74, 6) is 0.254. The zero-order valence-electron chi connectivity index (χ0n) is 10.2. The summed E-state index contributed by atoms with van der Waals surface area (Å²) in [7, 11) is 0. The molecule has 3 rings (SSSR count). The number of aromatic carboxylic acids is 1. The van der Waals surface area contributed by atoms with Gasteiger partial charge in [-0.25, -0.2) is 4.79 Å². The Balaban J connectivity index is 1.97. The van der Waals surface area contributed by atoms with Gasteiger partial charge in [-0.3, -0.25) is 0 Å². The lowest BCUT2D eigenvalue weighted by Gasteiger charge is -2.08. The molecule has 0 aliphatic rings. The Morgan fingerprint density at radius 1 is 1.20 bits per heavy atom. The average Bonchev–Trinajstić information content (AvgIpc) is 2.91. The second-order valence-electron chi connectivity index (χ2n) is 4.15. The second-order valence-corrected chi connectivity index (χ2v) is 5.86. The highest BCUT2D eigenvalue weighted by Gasteiger charge is 2.11. The van der Waals surface area contributed by atoms with Gasteiger partial charge in [0.1, 0.15) is 16.4 Å². The molecule has 0 unspecified atom stereocenters. The molecule has 5 heteroatoms. The predicted molar refractivity (Wildman–Crippen MR) is 83.0 cm³/mol. The maximum atomic E-state index is 10.9. The number of carbonyl (C=O) groups is 1. The molecular formula is C15H9BrO3S. The molecule has 0 spiro atoms. The number of fused-ring (bicyclic) bond motifs is 1. The number of rotatable bonds is 3. The first-order valence-electron chi connectivity index (χ1n) is 5.82. The summed E-state index contributed by atoms with van der Waals surface area (Å²) in [6, 6.07) is 13.3. The van der Waals surface area contributed by atoms with Crippen LogP contribution in [0.1, 0.15) is 9.67 Å². The number of thiophene rings is 1. The quantitative estimate of drug-likeness (QED) is 0.711. The molecule has 0 aliphatic heterocycles. The number of carboxylic acids is 1. The highest BCUT2D eigenvalue weighted by Crippen LogP contribution is 2.36. The van der Waals surface area contributed by atoms with Gasteiger partial charge in [0.2, 0.25) is 0 Å². The molecule has 20 heavy (non-hydrogen) atoms. The fraction of sp³-hybridized carbons (Fsp3) is 0. The summed E-state index contributed by atoms with van der Waals surface area (Å²) in [6.45, 7) is 0. The van der Waals surface area contributed by atoms with Gasteiger partial charge in [0, 0.05) is 11.4 Å². The summed E-state index contributed by atoms with van der Waals surface area (Å²) >= 11 is 4.68. The molecule has 1 aromatic heterocycles. The Kier molecular flexibility index (Phi) is 3.46. The van der Waals surface area contributed by atoms with Crippen LogP contribution in [0.2, 0.25) is 0 Å². The van der Waals surface area contributed by atoms with Crippen molar-refractivity contribution in [3.05, 3.63) is 57.2 Å². The highest BCUT2D eigenvalue weighted by molar-refractivity contribution is 9.10. The van der Waals surface area contributed by atoms with Gasteiger partial charge in [0.15, 0.2) is 0 Å². The van der Waals surface area contributed by atoms with E-state index < -0.39 is 5.97 Å². The minimum atomic E-state index is -0.942. The van der Waals surface area contributed by atoms with Crippen molar-refractivity contribution in [2.45, 2.75) is 0 Å². The fourth-order valence-corrected chi connectivity index (χ4v) is 3.12. The van der Waals surface area contributed by atoms with Crippen LogP contribution in [0.15, 0.2) is 52.3 Å². The van der Waals surface area contributed by atoms with Crippen molar-refractivity contribution in [2.75, 3.05) is 0 Å². The van der Waals surface area contributed by atoms with E-state index in [0.29, 0.717) is 11.5 Å². The Morgan fingerprint density at radius 3 is 2.75 bits per heavy atom. The Morgan fingerprint density at radius 2 is 2.00 bits per heavy atom. The van der Waals surface area contributed by atoms with E-state index in [4.69, 9.17) is 9.84 Å². The lowest BCUT2D eigenvalue weighted by molar-refractivity contribution is 0.0702. The van der Waals surface area contributed by atoms with E-state index in [-0.39, 0.29) is 4.88 Å². The van der Waals surface area contributed by atoms with E-state index in [0.717, 1.165) is 26.6 Å². The summed E-state index contributed by atoms with van der Waals surface area (Å²) in [5, 5.41) is 12.8. The van der Waals surface area contributed by atoms with Crippen molar-refractivity contribution in [3.63, 3.8) is 0 Å². The summed E-state index contributed by atoms with van der Waals surface area (Å²) < 4.78 is 6.61. The van der Waals surface area contributed by atoms with Gasteiger partial charge in [0.25, 0.3) is 0 Å². The molecule has 0 saturated heterocycles. The maximum Gasteiger partial charge on any atom is 0.346 e. The van der Waals surface area contributed by atoms with Gasteiger partial charge in [-0.05, 0) is 32.8 Å². The molecule has 0 amide bonds. The van der Waals surface area contributed by atoms with E-state index in [1.165, 1.54) is 6.07 Å². The minimum absolute atomic E-state index is 0.261. The summed E-state index contributed by atoms with van der Waals surface area (Å²) in [6.07, 6.45) is 0. The zero-order chi connectivity index (χ0) is 14.1. The van der Waals surface area contributed by atoms with Gasteiger partial charge in [-0.15, -0.1) is 11.3 Å². The maximum absolute atomic E-state index is 10.9. The van der Waals surface area contributed by atoms with Crippen LogP contribution >= 0.6 is 27.3 Å². The fourth-order valence-electron chi connectivity index (χ4n) is 1.90. The van der Waals surface area contributed by atoms with Crippen LogP contribution in [0.5, 0.6) is 11.5 Å². The van der Waals surface area contributed by atoms with Crippen LogP contribution < -0.4 is 4.74 Å². The molecule has 0 radical (unpaired) electrons. The molecule has 0 aliphatic carbocycles. The molecular weight excluding hydrogens is 340 g/mol. The van der Waals surface area contributed by atoms with Crippen LogP contribution in [0.25, 0.3) is 10.8 Å². The normalized spacial score (nSPS) is 10.7. The molecule has 3 nitrogen and oxygen atoms in total. The van der Waals surface area contributed by atoms with Crippen LogP contribution in [0.3, 0.4) is 0 Å². The lowest BCUT2D eigenvalue weighted by atomic mass is 10.1. The van der Waals surface area contributed by atoms with Crippen LogP contribution in [0, 0.1) is 0 Å². The molecule has 0 fully saturated rings. The van der Waals surface area contributed by atoms with E-state index >= 15 is 0 Å². The topological polar surface area (TPSA) is 46.5 Å². The largest absolute Gasteiger partial charge is 0.477 e. The Labute approximate surface area is 127 Å². The van der Waals surface area contributed by atoms with Gasteiger partial charge in [0.05, 0.1) is 4.47 Å². The molecule has 0 bridgehead atoms. The third-order valence-corrected chi connectivity index (χ3v) is 4.56. The van der Waals surface area contributed by atoms with Gasteiger partial charge in [-0.1, -0.05) is 30.3 Å². The van der Waals surface area contributed by atoms with Gasteiger partial charge < -0.3 is 9.84 Å². The zero-order valence-corrected chi connectivity index (χ0v) is 12.6. The monoisotopic (exact) mass is 348 g/mol. The van der Waals surface area contributed by atoms with Crippen molar-refractivity contribution in [2.24, 2.45) is 0 Å². The van der Waals surface area contributed by atoms with Crippen molar-refractivity contribution < 1.29 is 14.6 Å². The van der Waals surface area contributed by atoms with Crippen molar-refractivity contribution in [1.82, 2.24) is 0 Å². The minimum Gasteiger partial charge on any atom is -0.477 e. The first-order chi connectivity index (χ1) is 9.65. The van der Waals surface area contributed by atoms with Crippen molar-refractivity contribution >= 4 is 44.0 Å². The summed E-state index contributed by atoms with van der Waals surface area (Å²) in [4.78, 5) is 11.1. The van der Waals surface area contributed by atoms with Crippen LogP contribution in [-0.4, -0.2) is 11.1 Å².